The molecule has 0 amide bonds. The SMILES string of the molecule is C#C[C@]1(O)CCC2[C@@H]3CCc4cc(O)ccc4C3CC[C@@]21C. The van der Waals surface area contributed by atoms with Crippen LogP contribution >= 0.6 is 0 Å². The zero-order valence-corrected chi connectivity index (χ0v) is 13.2. The number of phenolic OH excluding ortho intramolecular Hbond substituents is 1. The van der Waals surface area contributed by atoms with Crippen LogP contribution in [0.2, 0.25) is 0 Å². The van der Waals surface area contributed by atoms with Crippen LogP contribution in [-0.2, 0) is 6.42 Å². The van der Waals surface area contributed by atoms with Crippen molar-refractivity contribution in [1.29, 1.82) is 0 Å². The summed E-state index contributed by atoms with van der Waals surface area (Å²) in [5, 5.41) is 20.6. The third-order valence-electron chi connectivity index (χ3n) is 7.10. The number of hydrogen-bond donors (Lipinski definition) is 2. The fraction of sp³-hybridized carbons (Fsp3) is 0.600. The van der Waals surface area contributed by atoms with Gasteiger partial charge in [0.1, 0.15) is 11.4 Å². The summed E-state index contributed by atoms with van der Waals surface area (Å²) in [4.78, 5) is 0. The molecule has 3 aliphatic carbocycles. The van der Waals surface area contributed by atoms with E-state index in [-0.39, 0.29) is 5.41 Å². The lowest BCUT2D eigenvalue weighted by Crippen LogP contribution is -2.50. The fourth-order valence-electron chi connectivity index (χ4n) is 5.82. The lowest BCUT2D eigenvalue weighted by Gasteiger charge is -2.52. The first kappa shape index (κ1) is 14.2. The first-order valence-electron chi connectivity index (χ1n) is 8.50. The van der Waals surface area contributed by atoms with Gasteiger partial charge in [-0.05, 0) is 79.5 Å². The number of fused-ring (bicyclic) bond motifs is 5. The van der Waals surface area contributed by atoms with Gasteiger partial charge in [-0.25, -0.2) is 0 Å². The molecule has 2 unspecified atom stereocenters. The Morgan fingerprint density at radius 2 is 2.05 bits per heavy atom. The van der Waals surface area contributed by atoms with Crippen LogP contribution in [0.5, 0.6) is 5.75 Å². The van der Waals surface area contributed by atoms with Gasteiger partial charge in [-0.15, -0.1) is 6.42 Å². The molecular formula is C20H24O2. The molecule has 2 saturated carbocycles. The monoisotopic (exact) mass is 296 g/mol. The molecule has 0 bridgehead atoms. The van der Waals surface area contributed by atoms with Crippen LogP contribution in [-0.4, -0.2) is 15.8 Å². The summed E-state index contributed by atoms with van der Waals surface area (Å²) >= 11 is 0. The van der Waals surface area contributed by atoms with E-state index in [1.54, 1.807) is 0 Å². The molecule has 4 rings (SSSR count). The zero-order valence-electron chi connectivity index (χ0n) is 13.2. The van der Waals surface area contributed by atoms with Crippen LogP contribution in [0.4, 0.5) is 0 Å². The average Bonchev–Trinajstić information content (AvgIpc) is 2.79. The molecule has 3 aliphatic rings. The largest absolute Gasteiger partial charge is 0.508 e. The highest BCUT2D eigenvalue weighted by Crippen LogP contribution is 2.64. The van der Waals surface area contributed by atoms with E-state index >= 15 is 0 Å². The van der Waals surface area contributed by atoms with Gasteiger partial charge < -0.3 is 10.2 Å². The number of phenols is 1. The van der Waals surface area contributed by atoms with E-state index in [1.807, 2.05) is 12.1 Å². The zero-order chi connectivity index (χ0) is 15.5. The molecule has 1 aromatic rings. The summed E-state index contributed by atoms with van der Waals surface area (Å²) in [6.07, 6.45) is 11.8. The summed E-state index contributed by atoms with van der Waals surface area (Å²) in [6, 6.07) is 5.87. The second-order valence-electron chi connectivity index (χ2n) is 7.80. The molecule has 1 aromatic carbocycles. The summed E-state index contributed by atoms with van der Waals surface area (Å²) in [5.41, 5.74) is 1.69. The van der Waals surface area contributed by atoms with Crippen molar-refractivity contribution < 1.29 is 10.2 Å². The van der Waals surface area contributed by atoms with Gasteiger partial charge in [-0.2, -0.15) is 0 Å². The Hall–Kier alpha value is -1.46. The number of aliphatic hydroxyl groups is 1. The minimum absolute atomic E-state index is 0.128. The Kier molecular flexibility index (Phi) is 2.91. The van der Waals surface area contributed by atoms with Gasteiger partial charge in [-0.1, -0.05) is 18.9 Å². The molecule has 0 aliphatic heterocycles. The lowest BCUT2D eigenvalue weighted by molar-refractivity contribution is -0.0646. The molecule has 2 N–H and O–H groups in total. The van der Waals surface area contributed by atoms with Gasteiger partial charge in [0.15, 0.2) is 0 Å². The Morgan fingerprint density at radius 1 is 1.23 bits per heavy atom. The van der Waals surface area contributed by atoms with Crippen LogP contribution in [0.1, 0.15) is 56.1 Å². The van der Waals surface area contributed by atoms with Crippen molar-refractivity contribution in [3.8, 4) is 18.1 Å². The molecular weight excluding hydrogens is 272 g/mol. The van der Waals surface area contributed by atoms with Crippen molar-refractivity contribution in [1.82, 2.24) is 0 Å². The van der Waals surface area contributed by atoms with Crippen molar-refractivity contribution in [2.24, 2.45) is 17.3 Å². The molecule has 22 heavy (non-hydrogen) atoms. The molecule has 116 valence electrons. The van der Waals surface area contributed by atoms with Gasteiger partial charge in [-0.3, -0.25) is 0 Å². The van der Waals surface area contributed by atoms with Gasteiger partial charge in [0, 0.05) is 5.41 Å². The molecule has 0 heterocycles. The average molecular weight is 296 g/mol. The molecule has 2 fully saturated rings. The van der Waals surface area contributed by atoms with Crippen LogP contribution in [0.3, 0.4) is 0 Å². The highest BCUT2D eigenvalue weighted by Gasteiger charge is 2.61. The molecule has 2 nitrogen and oxygen atoms in total. The quantitative estimate of drug-likeness (QED) is 0.718. The maximum Gasteiger partial charge on any atom is 0.130 e. The molecule has 0 aromatic heterocycles. The minimum Gasteiger partial charge on any atom is -0.508 e. The third kappa shape index (κ3) is 1.66. The van der Waals surface area contributed by atoms with E-state index in [4.69, 9.17) is 6.42 Å². The molecule has 0 radical (unpaired) electrons. The van der Waals surface area contributed by atoms with Gasteiger partial charge >= 0.3 is 0 Å². The maximum atomic E-state index is 10.9. The van der Waals surface area contributed by atoms with E-state index in [2.05, 4.69) is 18.9 Å². The Bertz CT molecular complexity index is 658. The van der Waals surface area contributed by atoms with Crippen LogP contribution in [0.15, 0.2) is 18.2 Å². The number of aryl methyl sites for hydroxylation is 1. The van der Waals surface area contributed by atoms with E-state index in [1.165, 1.54) is 11.1 Å². The maximum absolute atomic E-state index is 10.9. The first-order valence-corrected chi connectivity index (χ1v) is 8.50. The lowest BCUT2D eigenvalue weighted by atomic mass is 9.53. The van der Waals surface area contributed by atoms with E-state index in [9.17, 15) is 10.2 Å². The van der Waals surface area contributed by atoms with Crippen molar-refractivity contribution in [3.05, 3.63) is 29.3 Å². The fourth-order valence-corrected chi connectivity index (χ4v) is 5.82. The number of hydrogen-bond acceptors (Lipinski definition) is 2. The standard InChI is InChI=1S/C20H24O2/c1-3-20(22)11-9-18-17-6-4-13-12-14(21)5-7-15(13)16(17)8-10-19(18,20)2/h1,5,7,12,16-18,21-22H,4,6,8-11H2,2H3/t16?,17-,18?,19+,20+/m1/s1. The Morgan fingerprint density at radius 3 is 2.82 bits per heavy atom. The summed E-state index contributed by atoms with van der Waals surface area (Å²) in [6.45, 7) is 2.22. The van der Waals surface area contributed by atoms with Gasteiger partial charge in [0.2, 0.25) is 0 Å². The van der Waals surface area contributed by atoms with Crippen molar-refractivity contribution in [2.45, 2.75) is 57.0 Å². The predicted octanol–water partition coefficient (Wildman–Crippen LogP) is 3.61. The van der Waals surface area contributed by atoms with Crippen LogP contribution in [0, 0.1) is 29.6 Å². The first-order chi connectivity index (χ1) is 10.5. The van der Waals surface area contributed by atoms with Crippen molar-refractivity contribution >= 4 is 0 Å². The van der Waals surface area contributed by atoms with Crippen LogP contribution in [0.25, 0.3) is 0 Å². The molecule has 0 spiro atoms. The van der Waals surface area contributed by atoms with Crippen molar-refractivity contribution in [3.63, 3.8) is 0 Å². The van der Waals surface area contributed by atoms with E-state index < -0.39 is 5.60 Å². The number of rotatable bonds is 0. The van der Waals surface area contributed by atoms with Gasteiger partial charge in [0.05, 0.1) is 0 Å². The predicted molar refractivity (Wildman–Crippen MR) is 86.5 cm³/mol. The Balaban J connectivity index is 1.72. The van der Waals surface area contributed by atoms with Crippen molar-refractivity contribution in [2.75, 3.05) is 0 Å². The summed E-state index contributed by atoms with van der Waals surface area (Å²) < 4.78 is 0. The minimum atomic E-state index is -0.919. The highest BCUT2D eigenvalue weighted by molar-refractivity contribution is 5.40. The Labute approximate surface area is 132 Å². The molecule has 2 heteroatoms. The number of terminal acetylenes is 1. The second-order valence-corrected chi connectivity index (χ2v) is 7.80. The van der Waals surface area contributed by atoms with Gasteiger partial charge in [0.25, 0.3) is 0 Å². The summed E-state index contributed by atoms with van der Waals surface area (Å²) in [5.74, 6) is 4.82. The molecule has 5 atom stereocenters. The number of aromatic hydroxyl groups is 1. The smallest absolute Gasteiger partial charge is 0.130 e. The normalized spacial score (nSPS) is 42.9. The number of benzene rings is 1. The third-order valence-corrected chi connectivity index (χ3v) is 7.10. The summed E-state index contributed by atoms with van der Waals surface area (Å²) in [7, 11) is 0. The highest BCUT2D eigenvalue weighted by atomic mass is 16.3. The second kappa shape index (κ2) is 4.52. The van der Waals surface area contributed by atoms with E-state index in [0.29, 0.717) is 23.5 Å². The van der Waals surface area contributed by atoms with E-state index in [0.717, 1.165) is 38.5 Å². The topological polar surface area (TPSA) is 40.5 Å². The molecule has 0 saturated heterocycles. The van der Waals surface area contributed by atoms with Crippen LogP contribution < -0.4 is 0 Å².